The van der Waals surface area contributed by atoms with Crippen LogP contribution in [0.5, 0.6) is 11.5 Å². The van der Waals surface area contributed by atoms with Gasteiger partial charge in [-0.15, -0.1) is 0 Å². The van der Waals surface area contributed by atoms with Gasteiger partial charge in [0.1, 0.15) is 0 Å². The highest BCUT2D eigenvalue weighted by molar-refractivity contribution is 7.91. The lowest BCUT2D eigenvalue weighted by Gasteiger charge is -2.10. The first-order valence-corrected chi connectivity index (χ1v) is 12.7. The van der Waals surface area contributed by atoms with E-state index in [1.165, 1.54) is 24.3 Å². The second kappa shape index (κ2) is 10.4. The summed E-state index contributed by atoms with van der Waals surface area (Å²) >= 11 is 5.95. The summed E-state index contributed by atoms with van der Waals surface area (Å²) in [6.45, 7) is 2.37. The highest BCUT2D eigenvalue weighted by Gasteiger charge is 2.28. The molecule has 0 fully saturated rings. The third-order valence-corrected chi connectivity index (χ3v) is 7.35. The van der Waals surface area contributed by atoms with E-state index in [2.05, 4.69) is 10.3 Å². The van der Waals surface area contributed by atoms with Crippen LogP contribution in [0, 0.1) is 6.92 Å². The van der Waals surface area contributed by atoms with Crippen molar-refractivity contribution >= 4 is 27.3 Å². The molecule has 0 spiro atoms. The Kier molecular flexibility index (Phi) is 7.33. The molecule has 1 aromatic heterocycles. The number of aromatic nitrogens is 1. The van der Waals surface area contributed by atoms with Crippen molar-refractivity contribution in [3.8, 4) is 23.0 Å². The second-order valence-corrected chi connectivity index (χ2v) is 10.1. The van der Waals surface area contributed by atoms with Gasteiger partial charge >= 0.3 is 0 Å². The number of nitrogens with zero attached hydrogens (tertiary/aromatic N) is 1. The molecular formula is C26H25ClN2O5S. The molecule has 0 aliphatic carbocycles. The number of anilines is 1. The lowest BCUT2D eigenvalue weighted by Crippen LogP contribution is -2.10. The quantitative estimate of drug-likeness (QED) is 0.302. The molecule has 35 heavy (non-hydrogen) atoms. The van der Waals surface area contributed by atoms with E-state index >= 15 is 0 Å². The molecule has 9 heteroatoms. The number of rotatable bonds is 9. The van der Waals surface area contributed by atoms with Gasteiger partial charge < -0.3 is 19.2 Å². The van der Waals surface area contributed by atoms with Crippen LogP contribution in [0.15, 0.2) is 81.1 Å². The maximum Gasteiger partial charge on any atom is 0.233 e. The van der Waals surface area contributed by atoms with E-state index in [1.54, 1.807) is 14.2 Å². The van der Waals surface area contributed by atoms with Gasteiger partial charge in [0.15, 0.2) is 11.5 Å². The van der Waals surface area contributed by atoms with E-state index in [9.17, 15) is 8.42 Å². The molecule has 0 unspecified atom stereocenters. The number of sulfone groups is 1. The van der Waals surface area contributed by atoms with Crippen LogP contribution >= 0.6 is 11.6 Å². The Morgan fingerprint density at radius 2 is 1.63 bits per heavy atom. The smallest absolute Gasteiger partial charge is 0.233 e. The van der Waals surface area contributed by atoms with Crippen molar-refractivity contribution in [1.82, 2.24) is 4.98 Å². The van der Waals surface area contributed by atoms with Crippen LogP contribution in [-0.2, 0) is 16.3 Å². The van der Waals surface area contributed by atoms with Crippen LogP contribution in [0.3, 0.4) is 0 Å². The molecule has 0 saturated heterocycles. The summed E-state index contributed by atoms with van der Waals surface area (Å²) in [5, 5.41) is 3.37. The molecule has 0 aliphatic heterocycles. The van der Waals surface area contributed by atoms with E-state index in [0.717, 1.165) is 11.1 Å². The first kappa shape index (κ1) is 24.6. The average molecular weight is 513 g/mol. The summed E-state index contributed by atoms with van der Waals surface area (Å²) in [6.07, 6.45) is 0.585. The molecule has 182 valence electrons. The van der Waals surface area contributed by atoms with Gasteiger partial charge in [0.25, 0.3) is 0 Å². The summed E-state index contributed by atoms with van der Waals surface area (Å²) in [5.41, 5.74) is 2.73. The molecule has 0 amide bonds. The molecule has 1 heterocycles. The highest BCUT2D eigenvalue weighted by atomic mass is 35.5. The Labute approximate surface area is 209 Å². The number of nitrogens with one attached hydrogen (secondary N) is 1. The number of aryl methyl sites for hydroxylation is 1. The zero-order valence-electron chi connectivity index (χ0n) is 19.5. The summed E-state index contributed by atoms with van der Waals surface area (Å²) in [4.78, 5) is 4.45. The Balaban J connectivity index is 1.64. The van der Waals surface area contributed by atoms with Gasteiger partial charge in [-0.2, -0.15) is 4.98 Å². The van der Waals surface area contributed by atoms with Crippen molar-refractivity contribution in [2.24, 2.45) is 0 Å². The van der Waals surface area contributed by atoms with E-state index in [-0.39, 0.29) is 21.7 Å². The van der Waals surface area contributed by atoms with Crippen molar-refractivity contribution in [1.29, 1.82) is 0 Å². The summed E-state index contributed by atoms with van der Waals surface area (Å²) in [6, 6.07) is 19.1. The monoisotopic (exact) mass is 512 g/mol. The minimum absolute atomic E-state index is 0.0774. The van der Waals surface area contributed by atoms with Crippen LogP contribution in [0.4, 0.5) is 5.88 Å². The van der Waals surface area contributed by atoms with Gasteiger partial charge in [0.05, 0.1) is 19.1 Å². The van der Waals surface area contributed by atoms with Crippen LogP contribution in [0.25, 0.3) is 11.5 Å². The Morgan fingerprint density at radius 1 is 0.943 bits per heavy atom. The lowest BCUT2D eigenvalue weighted by molar-refractivity contribution is 0.354. The Morgan fingerprint density at radius 3 is 2.29 bits per heavy atom. The predicted octanol–water partition coefficient (Wildman–Crippen LogP) is 5.81. The minimum Gasteiger partial charge on any atom is -0.493 e. The molecule has 4 aromatic rings. The third kappa shape index (κ3) is 5.44. The van der Waals surface area contributed by atoms with Gasteiger partial charge in [0, 0.05) is 17.1 Å². The van der Waals surface area contributed by atoms with Crippen LogP contribution < -0.4 is 14.8 Å². The van der Waals surface area contributed by atoms with Gasteiger partial charge in [-0.3, -0.25) is 0 Å². The maximum atomic E-state index is 13.4. The molecule has 7 nitrogen and oxygen atoms in total. The Bertz CT molecular complexity index is 1420. The van der Waals surface area contributed by atoms with Crippen molar-refractivity contribution in [2.45, 2.75) is 23.3 Å². The molecule has 0 bridgehead atoms. The molecule has 0 atom stereocenters. The summed E-state index contributed by atoms with van der Waals surface area (Å²) < 4.78 is 43.4. The van der Waals surface area contributed by atoms with Crippen molar-refractivity contribution in [3.05, 3.63) is 82.9 Å². The number of methoxy groups -OCH3 is 2. The van der Waals surface area contributed by atoms with Gasteiger partial charge in [-0.1, -0.05) is 35.4 Å². The molecule has 3 aromatic carbocycles. The summed E-state index contributed by atoms with van der Waals surface area (Å²) in [5.74, 6) is 1.55. The van der Waals surface area contributed by atoms with Crippen LogP contribution in [0.2, 0.25) is 5.02 Å². The molecule has 0 aliphatic rings. The number of ether oxygens (including phenoxy) is 2. The molecular weight excluding hydrogens is 488 g/mol. The van der Waals surface area contributed by atoms with Crippen LogP contribution in [-0.4, -0.2) is 34.2 Å². The maximum absolute atomic E-state index is 13.4. The zero-order chi connectivity index (χ0) is 25.0. The predicted molar refractivity (Wildman–Crippen MR) is 135 cm³/mol. The first-order valence-electron chi connectivity index (χ1n) is 10.8. The first-order chi connectivity index (χ1) is 16.8. The summed E-state index contributed by atoms with van der Waals surface area (Å²) in [7, 11) is -0.800. The number of halogens is 1. The van der Waals surface area contributed by atoms with Crippen LogP contribution in [0.1, 0.15) is 11.1 Å². The van der Waals surface area contributed by atoms with Gasteiger partial charge in [-0.25, -0.2) is 8.42 Å². The van der Waals surface area contributed by atoms with Gasteiger partial charge in [-0.05, 0) is 67.4 Å². The fourth-order valence-corrected chi connectivity index (χ4v) is 4.91. The number of hydrogen-bond donors (Lipinski definition) is 1. The SMILES string of the molecule is COc1ccc(CCNc2oc(-c3ccc(C)cc3)nc2S(=O)(=O)c2ccc(Cl)cc2)cc1OC. The van der Waals surface area contributed by atoms with Crippen molar-refractivity contribution < 1.29 is 22.3 Å². The van der Waals surface area contributed by atoms with E-state index in [0.29, 0.717) is 35.1 Å². The minimum atomic E-state index is -3.96. The van der Waals surface area contributed by atoms with E-state index in [4.69, 9.17) is 25.5 Å². The number of hydrogen-bond acceptors (Lipinski definition) is 7. The van der Waals surface area contributed by atoms with E-state index in [1.807, 2.05) is 49.4 Å². The van der Waals surface area contributed by atoms with Gasteiger partial charge in [0.2, 0.25) is 26.6 Å². The van der Waals surface area contributed by atoms with E-state index < -0.39 is 9.84 Å². The molecule has 4 rings (SSSR count). The molecule has 0 saturated carbocycles. The van der Waals surface area contributed by atoms with Crippen molar-refractivity contribution in [2.75, 3.05) is 26.1 Å². The standard InChI is InChI=1S/C26H25ClN2O5S/c1-17-4-7-19(8-5-17)24-29-26(35(30,31)21-11-9-20(27)10-12-21)25(34-24)28-15-14-18-6-13-22(32-2)23(16-18)33-3/h4-13,16,28H,14-15H2,1-3H3. The zero-order valence-corrected chi connectivity index (χ0v) is 21.1. The average Bonchev–Trinajstić information content (AvgIpc) is 3.29. The second-order valence-electron chi connectivity index (χ2n) is 7.84. The fraction of sp³-hybridized carbons (Fsp3) is 0.192. The normalized spacial score (nSPS) is 11.3. The molecule has 0 radical (unpaired) electrons. The van der Waals surface area contributed by atoms with Crippen molar-refractivity contribution in [3.63, 3.8) is 0 Å². The molecule has 1 N–H and O–H groups in total. The number of oxazole rings is 1. The highest BCUT2D eigenvalue weighted by Crippen LogP contribution is 2.33. The Hall–Kier alpha value is -3.49. The fourth-order valence-electron chi connectivity index (χ4n) is 3.50. The number of benzene rings is 3. The third-order valence-electron chi connectivity index (χ3n) is 5.42. The largest absolute Gasteiger partial charge is 0.493 e. The lowest BCUT2D eigenvalue weighted by atomic mass is 10.1. The topological polar surface area (TPSA) is 90.7 Å².